The second-order valence-electron chi connectivity index (χ2n) is 7.71. The largest absolute Gasteiger partial charge is 0.313 e. The highest BCUT2D eigenvalue weighted by Crippen LogP contribution is 2.32. The highest BCUT2D eigenvalue weighted by molar-refractivity contribution is 7.91. The fourth-order valence-corrected chi connectivity index (χ4v) is 4.43. The van der Waals surface area contributed by atoms with Crippen molar-refractivity contribution < 1.29 is 8.42 Å². The number of hydrogen-bond donors (Lipinski definition) is 1. The summed E-state index contributed by atoms with van der Waals surface area (Å²) in [6.45, 7) is 5.60. The van der Waals surface area contributed by atoms with Gasteiger partial charge in [-0.2, -0.15) is 0 Å². The van der Waals surface area contributed by atoms with Gasteiger partial charge in [-0.15, -0.1) is 24.8 Å². The van der Waals surface area contributed by atoms with Crippen molar-refractivity contribution in [1.29, 1.82) is 0 Å². The van der Waals surface area contributed by atoms with Crippen molar-refractivity contribution in [1.82, 2.24) is 10.2 Å². The van der Waals surface area contributed by atoms with E-state index in [1.54, 1.807) is 6.92 Å². The zero-order valence-corrected chi connectivity index (χ0v) is 19.1. The summed E-state index contributed by atoms with van der Waals surface area (Å²) in [5.41, 5.74) is 1.27. The second kappa shape index (κ2) is 12.2. The molecule has 160 valence electrons. The van der Waals surface area contributed by atoms with E-state index < -0.39 is 9.84 Å². The maximum Gasteiger partial charge on any atom is 0.151 e. The Balaban J connectivity index is 0.00000196. The maximum absolute atomic E-state index is 11.6. The highest BCUT2D eigenvalue weighted by Gasteiger charge is 2.34. The number of likely N-dealkylation sites (tertiary alicyclic amines) is 1. The first-order valence-corrected chi connectivity index (χ1v) is 11.8. The van der Waals surface area contributed by atoms with E-state index in [1.807, 2.05) is 6.07 Å². The van der Waals surface area contributed by atoms with Crippen LogP contribution in [-0.4, -0.2) is 57.0 Å². The van der Waals surface area contributed by atoms with Crippen LogP contribution >= 0.6 is 24.8 Å². The Morgan fingerprint density at radius 1 is 1.14 bits per heavy atom. The Hall–Kier alpha value is -0.590. The average molecular weight is 449 g/mol. The van der Waals surface area contributed by atoms with Crippen LogP contribution in [-0.2, 0) is 9.84 Å². The van der Waals surface area contributed by atoms with Gasteiger partial charge in [-0.25, -0.2) is 8.42 Å². The molecule has 2 unspecified atom stereocenters. The number of rotatable bonds is 9. The van der Waals surface area contributed by atoms with Gasteiger partial charge in [-0.1, -0.05) is 49.4 Å². The molecule has 1 aliphatic carbocycles. The monoisotopic (exact) mass is 448 g/mol. The summed E-state index contributed by atoms with van der Waals surface area (Å²) in [6, 6.07) is 11.1. The molecule has 1 N–H and O–H groups in total. The summed E-state index contributed by atoms with van der Waals surface area (Å²) < 4.78 is 23.2. The molecular formula is C21H34Cl2N2O2S. The van der Waals surface area contributed by atoms with Gasteiger partial charge in [0.05, 0.1) is 5.75 Å². The SMILES string of the molecule is CCS(=O)(=O)CCN1CCC(CNC2CC2/C=C/c2ccccc2)CC1.Cl.Cl. The molecule has 3 rings (SSSR count). The zero-order chi connectivity index (χ0) is 18.4. The van der Waals surface area contributed by atoms with E-state index in [2.05, 4.69) is 46.6 Å². The van der Waals surface area contributed by atoms with Gasteiger partial charge in [0.25, 0.3) is 0 Å². The Morgan fingerprint density at radius 2 is 1.82 bits per heavy atom. The van der Waals surface area contributed by atoms with Crippen molar-refractivity contribution in [3.63, 3.8) is 0 Å². The third kappa shape index (κ3) is 8.42. The summed E-state index contributed by atoms with van der Waals surface area (Å²) in [7, 11) is -2.84. The fraction of sp³-hybridized carbons (Fsp3) is 0.619. The van der Waals surface area contributed by atoms with Crippen LogP contribution in [0.2, 0.25) is 0 Å². The summed E-state index contributed by atoms with van der Waals surface area (Å²) in [5, 5.41) is 3.73. The molecule has 0 aromatic heterocycles. The Kier molecular flexibility index (Phi) is 11.1. The van der Waals surface area contributed by atoms with Crippen LogP contribution in [0.4, 0.5) is 0 Å². The Labute approximate surface area is 182 Å². The van der Waals surface area contributed by atoms with E-state index in [0.29, 0.717) is 24.3 Å². The number of halogens is 2. The van der Waals surface area contributed by atoms with Crippen molar-refractivity contribution >= 4 is 40.7 Å². The molecular weight excluding hydrogens is 415 g/mol. The van der Waals surface area contributed by atoms with Crippen LogP contribution in [0.15, 0.2) is 36.4 Å². The van der Waals surface area contributed by atoms with E-state index in [-0.39, 0.29) is 30.6 Å². The third-order valence-electron chi connectivity index (χ3n) is 5.71. The van der Waals surface area contributed by atoms with Crippen LogP contribution in [0.1, 0.15) is 31.7 Å². The first-order chi connectivity index (χ1) is 12.6. The van der Waals surface area contributed by atoms with Crippen molar-refractivity contribution in [2.75, 3.05) is 37.7 Å². The predicted molar refractivity (Wildman–Crippen MR) is 123 cm³/mol. The van der Waals surface area contributed by atoms with Crippen LogP contribution in [0.3, 0.4) is 0 Å². The van der Waals surface area contributed by atoms with Crippen LogP contribution in [0.25, 0.3) is 6.08 Å². The third-order valence-corrected chi connectivity index (χ3v) is 7.39. The van der Waals surface area contributed by atoms with E-state index in [9.17, 15) is 8.42 Å². The molecule has 0 spiro atoms. The lowest BCUT2D eigenvalue weighted by Crippen LogP contribution is -2.40. The van der Waals surface area contributed by atoms with Crippen LogP contribution in [0.5, 0.6) is 0 Å². The van der Waals surface area contributed by atoms with Gasteiger partial charge in [-0.05, 0) is 56.3 Å². The summed E-state index contributed by atoms with van der Waals surface area (Å²) in [4.78, 5) is 2.31. The molecule has 1 aliphatic heterocycles. The van der Waals surface area contributed by atoms with Crippen molar-refractivity contribution in [3.8, 4) is 0 Å². The molecule has 28 heavy (non-hydrogen) atoms. The molecule has 1 aromatic rings. The number of benzene rings is 1. The molecule has 0 amide bonds. The zero-order valence-electron chi connectivity index (χ0n) is 16.6. The minimum absolute atomic E-state index is 0. The Bertz CT molecular complexity index is 690. The molecule has 0 bridgehead atoms. The first-order valence-electron chi connectivity index (χ1n) is 9.95. The fourth-order valence-electron chi connectivity index (χ4n) is 3.61. The summed E-state index contributed by atoms with van der Waals surface area (Å²) >= 11 is 0. The molecule has 1 saturated heterocycles. The normalized spacial score (nSPS) is 23.2. The van der Waals surface area contributed by atoms with Gasteiger partial charge in [-0.3, -0.25) is 0 Å². The van der Waals surface area contributed by atoms with E-state index >= 15 is 0 Å². The topological polar surface area (TPSA) is 49.4 Å². The molecule has 0 radical (unpaired) electrons. The molecule has 2 aliphatic rings. The average Bonchev–Trinajstić information content (AvgIpc) is 3.43. The van der Waals surface area contributed by atoms with Crippen LogP contribution < -0.4 is 5.32 Å². The molecule has 1 saturated carbocycles. The number of hydrogen-bond acceptors (Lipinski definition) is 4. The number of piperidine rings is 1. The van der Waals surface area contributed by atoms with Gasteiger partial charge in [0.15, 0.2) is 9.84 Å². The minimum Gasteiger partial charge on any atom is -0.313 e. The lowest BCUT2D eigenvalue weighted by atomic mass is 9.97. The first kappa shape index (κ1) is 25.4. The van der Waals surface area contributed by atoms with E-state index in [0.717, 1.165) is 25.6 Å². The lowest BCUT2D eigenvalue weighted by molar-refractivity contribution is 0.190. The van der Waals surface area contributed by atoms with Gasteiger partial charge >= 0.3 is 0 Å². The van der Waals surface area contributed by atoms with Gasteiger partial charge < -0.3 is 10.2 Å². The van der Waals surface area contributed by atoms with Gasteiger partial charge in [0.2, 0.25) is 0 Å². The van der Waals surface area contributed by atoms with Crippen LogP contribution in [0, 0.1) is 11.8 Å². The molecule has 2 fully saturated rings. The van der Waals surface area contributed by atoms with Gasteiger partial charge in [0.1, 0.15) is 0 Å². The maximum atomic E-state index is 11.6. The Morgan fingerprint density at radius 3 is 2.46 bits per heavy atom. The highest BCUT2D eigenvalue weighted by atomic mass is 35.5. The molecule has 2 atom stereocenters. The number of nitrogens with one attached hydrogen (secondary N) is 1. The quantitative estimate of drug-likeness (QED) is 0.625. The smallest absolute Gasteiger partial charge is 0.151 e. The molecule has 1 heterocycles. The number of sulfone groups is 1. The van der Waals surface area contributed by atoms with Crippen molar-refractivity contribution in [2.45, 2.75) is 32.2 Å². The lowest BCUT2D eigenvalue weighted by Gasteiger charge is -2.32. The molecule has 1 aromatic carbocycles. The molecule has 7 heteroatoms. The molecule has 4 nitrogen and oxygen atoms in total. The summed E-state index contributed by atoms with van der Waals surface area (Å²) in [6.07, 6.45) is 8.17. The number of nitrogens with zero attached hydrogens (tertiary/aromatic N) is 1. The predicted octanol–water partition coefficient (Wildman–Crippen LogP) is 3.67. The second-order valence-corrected chi connectivity index (χ2v) is 10.2. The van der Waals surface area contributed by atoms with E-state index in [1.165, 1.54) is 24.8 Å². The summed E-state index contributed by atoms with van der Waals surface area (Å²) in [5.74, 6) is 1.97. The van der Waals surface area contributed by atoms with Gasteiger partial charge in [0, 0.05) is 18.3 Å². The van der Waals surface area contributed by atoms with Crippen molar-refractivity contribution in [2.24, 2.45) is 11.8 Å². The standard InChI is InChI=1S/C21H32N2O2S.2ClH/c1-2-26(24,25)15-14-23-12-10-19(11-13-23)17-22-21-16-20(21)9-8-18-6-4-3-5-7-18;;/h3-9,19-22H,2,10-17H2,1H3;2*1H/b9-8+;;. The van der Waals surface area contributed by atoms with Crippen molar-refractivity contribution in [3.05, 3.63) is 42.0 Å². The van der Waals surface area contributed by atoms with E-state index in [4.69, 9.17) is 0 Å². The minimum atomic E-state index is -2.84.